The second kappa shape index (κ2) is 12.7. The van der Waals surface area contributed by atoms with Crippen LogP contribution in [0.4, 0.5) is 0 Å². The molecule has 0 aliphatic carbocycles. The molecular weight excluding hydrogens is 504 g/mol. The van der Waals surface area contributed by atoms with Gasteiger partial charge in [0.1, 0.15) is 0 Å². The molecular formula is C32H30N4O4. The van der Waals surface area contributed by atoms with Gasteiger partial charge >= 0.3 is 0 Å². The van der Waals surface area contributed by atoms with E-state index in [1.165, 1.54) is 0 Å². The van der Waals surface area contributed by atoms with E-state index < -0.39 is 11.2 Å². The molecule has 4 aromatic heterocycles. The number of nitrogens with zero attached hydrogens (tertiary/aromatic N) is 4. The number of ether oxygens (including phenoxy) is 2. The van der Waals surface area contributed by atoms with Gasteiger partial charge in [0, 0.05) is 24.8 Å². The van der Waals surface area contributed by atoms with Crippen LogP contribution in [0.15, 0.2) is 122 Å². The van der Waals surface area contributed by atoms with E-state index in [0.29, 0.717) is 33.9 Å². The van der Waals surface area contributed by atoms with E-state index in [0.717, 1.165) is 26.4 Å². The van der Waals surface area contributed by atoms with Gasteiger partial charge < -0.3 is 19.7 Å². The van der Waals surface area contributed by atoms with Crippen LogP contribution in [0.3, 0.4) is 0 Å². The van der Waals surface area contributed by atoms with E-state index >= 15 is 0 Å². The number of aliphatic hydroxyl groups is 2. The predicted molar refractivity (Wildman–Crippen MR) is 149 cm³/mol. The molecule has 8 heteroatoms. The fourth-order valence-corrected chi connectivity index (χ4v) is 4.55. The monoisotopic (exact) mass is 534 g/mol. The van der Waals surface area contributed by atoms with Crippen LogP contribution in [0, 0.1) is 0 Å². The first-order chi connectivity index (χ1) is 19.6. The molecule has 0 amide bonds. The van der Waals surface area contributed by atoms with Crippen molar-refractivity contribution in [2.24, 2.45) is 0 Å². The van der Waals surface area contributed by atoms with Crippen molar-refractivity contribution in [1.29, 1.82) is 0 Å². The number of pyridine rings is 4. The molecule has 0 atom stereocenters. The lowest BCUT2D eigenvalue weighted by molar-refractivity contribution is -0.0334. The van der Waals surface area contributed by atoms with E-state index in [1.54, 1.807) is 97.6 Å². The zero-order valence-electron chi connectivity index (χ0n) is 21.9. The van der Waals surface area contributed by atoms with Crippen molar-refractivity contribution in [3.05, 3.63) is 156 Å². The summed E-state index contributed by atoms with van der Waals surface area (Å²) in [6.45, 7) is 3.11. The number of benzene rings is 1. The molecule has 1 aliphatic heterocycles. The van der Waals surface area contributed by atoms with Gasteiger partial charge in [0.25, 0.3) is 0 Å². The molecule has 1 aromatic carbocycles. The highest BCUT2D eigenvalue weighted by Crippen LogP contribution is 2.38. The summed E-state index contributed by atoms with van der Waals surface area (Å²) >= 11 is 0. The van der Waals surface area contributed by atoms with Crippen LogP contribution in [0.5, 0.6) is 0 Å². The summed E-state index contributed by atoms with van der Waals surface area (Å²) in [7, 11) is 0. The Morgan fingerprint density at radius 2 is 0.700 bits per heavy atom. The Morgan fingerprint density at radius 1 is 0.425 bits per heavy atom. The Labute approximate surface area is 233 Å². The molecule has 1 fully saturated rings. The van der Waals surface area contributed by atoms with Gasteiger partial charge in [-0.05, 0) is 59.7 Å². The van der Waals surface area contributed by atoms with Crippen molar-refractivity contribution in [1.82, 2.24) is 19.9 Å². The first-order valence-corrected chi connectivity index (χ1v) is 13.0. The minimum atomic E-state index is -1.57. The molecule has 202 valence electrons. The number of aromatic nitrogens is 4. The molecule has 0 bridgehead atoms. The molecule has 0 radical (unpaired) electrons. The first-order valence-electron chi connectivity index (χ1n) is 13.0. The SMILES string of the molecule is C1COCCO1.OC(c1ccc(C(O)(c2ccccn2)c2ccccn2)cc1)(c1ccccn1)c1ccccn1. The average Bonchev–Trinajstić information content (AvgIpc) is 3.07. The fourth-order valence-electron chi connectivity index (χ4n) is 4.55. The Bertz CT molecular complexity index is 1250. The van der Waals surface area contributed by atoms with Crippen molar-refractivity contribution in [2.75, 3.05) is 26.4 Å². The molecule has 40 heavy (non-hydrogen) atoms. The summed E-state index contributed by atoms with van der Waals surface area (Å²) in [6, 6.07) is 28.6. The van der Waals surface area contributed by atoms with E-state index in [9.17, 15) is 10.2 Å². The summed E-state index contributed by atoms with van der Waals surface area (Å²) in [5.41, 5.74) is -0.213. The van der Waals surface area contributed by atoms with Crippen molar-refractivity contribution in [3.8, 4) is 0 Å². The normalized spacial score (nSPS) is 13.7. The topological polar surface area (TPSA) is 110 Å². The van der Waals surface area contributed by atoms with Gasteiger partial charge in [-0.2, -0.15) is 0 Å². The molecule has 1 aliphatic rings. The zero-order chi connectivity index (χ0) is 27.7. The van der Waals surface area contributed by atoms with Gasteiger partial charge in [0.15, 0.2) is 11.2 Å². The molecule has 5 aromatic rings. The van der Waals surface area contributed by atoms with E-state index in [1.807, 2.05) is 24.3 Å². The quantitative estimate of drug-likeness (QED) is 0.338. The maximum atomic E-state index is 11.9. The van der Waals surface area contributed by atoms with Crippen LogP contribution in [0.25, 0.3) is 0 Å². The third-order valence-electron chi connectivity index (χ3n) is 6.61. The van der Waals surface area contributed by atoms with E-state index in [2.05, 4.69) is 19.9 Å². The summed E-state index contributed by atoms with van der Waals surface area (Å²) in [6.07, 6.45) is 6.55. The standard InChI is InChI=1S/C28H22N4O2.C4H8O2/c33-27(23-9-1-5-17-29-23,24-10-2-6-18-30-24)21-13-15-22(16-14-21)28(34,25-11-3-7-19-31-25)26-12-4-8-20-32-26;1-2-6-4-3-5-1/h1-20,33-34H;1-4H2. The zero-order valence-corrected chi connectivity index (χ0v) is 21.9. The lowest BCUT2D eigenvalue weighted by atomic mass is 9.82. The Balaban J connectivity index is 0.000000477. The van der Waals surface area contributed by atoms with Crippen LogP contribution >= 0.6 is 0 Å². The Kier molecular flexibility index (Phi) is 8.63. The van der Waals surface area contributed by atoms with Crippen molar-refractivity contribution in [3.63, 3.8) is 0 Å². The predicted octanol–water partition coefficient (Wildman–Crippen LogP) is 3.87. The molecule has 8 nitrogen and oxygen atoms in total. The van der Waals surface area contributed by atoms with Crippen molar-refractivity contribution >= 4 is 0 Å². The fraction of sp³-hybridized carbons (Fsp3) is 0.188. The third kappa shape index (κ3) is 5.66. The Hall–Kier alpha value is -4.34. The van der Waals surface area contributed by atoms with E-state index in [4.69, 9.17) is 9.47 Å². The van der Waals surface area contributed by atoms with Gasteiger partial charge in [-0.25, -0.2) is 0 Å². The number of hydrogen-bond donors (Lipinski definition) is 2. The molecule has 0 spiro atoms. The lowest BCUT2D eigenvalue weighted by Crippen LogP contribution is -2.33. The van der Waals surface area contributed by atoms with Crippen molar-refractivity contribution in [2.45, 2.75) is 11.2 Å². The highest BCUT2D eigenvalue weighted by molar-refractivity contribution is 5.47. The molecule has 1 saturated heterocycles. The van der Waals surface area contributed by atoms with Gasteiger partial charge in [0.05, 0.1) is 49.2 Å². The smallest absolute Gasteiger partial charge is 0.174 e. The van der Waals surface area contributed by atoms with Gasteiger partial charge in [0.2, 0.25) is 0 Å². The van der Waals surface area contributed by atoms with Crippen LogP contribution in [-0.2, 0) is 20.7 Å². The summed E-state index contributed by atoms with van der Waals surface area (Å²) in [5, 5.41) is 23.9. The molecule has 6 rings (SSSR count). The maximum Gasteiger partial charge on any atom is 0.174 e. The van der Waals surface area contributed by atoms with Gasteiger partial charge in [-0.15, -0.1) is 0 Å². The van der Waals surface area contributed by atoms with Crippen LogP contribution in [0.2, 0.25) is 0 Å². The lowest BCUT2D eigenvalue weighted by Gasteiger charge is -2.30. The number of rotatable bonds is 6. The van der Waals surface area contributed by atoms with Crippen LogP contribution < -0.4 is 0 Å². The molecule has 5 heterocycles. The maximum absolute atomic E-state index is 11.9. The Morgan fingerprint density at radius 3 is 0.900 bits per heavy atom. The van der Waals surface area contributed by atoms with Crippen LogP contribution in [0.1, 0.15) is 33.9 Å². The molecule has 0 saturated carbocycles. The van der Waals surface area contributed by atoms with Gasteiger partial charge in [-0.3, -0.25) is 19.9 Å². The van der Waals surface area contributed by atoms with Gasteiger partial charge in [-0.1, -0.05) is 48.5 Å². The highest BCUT2D eigenvalue weighted by atomic mass is 16.6. The van der Waals surface area contributed by atoms with E-state index in [-0.39, 0.29) is 0 Å². The first kappa shape index (κ1) is 27.2. The summed E-state index contributed by atoms with van der Waals surface area (Å²) < 4.78 is 9.89. The van der Waals surface area contributed by atoms with Crippen molar-refractivity contribution < 1.29 is 19.7 Å². The van der Waals surface area contributed by atoms with Crippen LogP contribution in [-0.4, -0.2) is 56.6 Å². The summed E-state index contributed by atoms with van der Waals surface area (Å²) in [4.78, 5) is 17.6. The molecule has 0 unspecified atom stereocenters. The molecule has 2 N–H and O–H groups in total. The second-order valence-electron chi connectivity index (χ2n) is 9.08. The highest BCUT2D eigenvalue weighted by Gasteiger charge is 2.39. The third-order valence-corrected chi connectivity index (χ3v) is 6.61. The average molecular weight is 535 g/mol. The number of hydrogen-bond acceptors (Lipinski definition) is 8. The minimum Gasteiger partial charge on any atom is -0.377 e. The second-order valence-corrected chi connectivity index (χ2v) is 9.08. The minimum absolute atomic E-state index is 0.450. The largest absolute Gasteiger partial charge is 0.377 e. The summed E-state index contributed by atoms with van der Waals surface area (Å²) in [5.74, 6) is 0.